The smallest absolute Gasteiger partial charge is 0.309 e. The molecule has 0 aliphatic carbocycles. The Morgan fingerprint density at radius 2 is 2.00 bits per heavy atom. The van der Waals surface area contributed by atoms with Crippen LogP contribution in [-0.2, 0) is 9.59 Å². The standard InChI is InChI=1S/C13H11BrN2O3S/c1-8(17)16(11-6-4-3-5-10(11)14)13-15-12(7-20-13)19-9(2)18/h3-7H,1-2H3. The van der Waals surface area contributed by atoms with Crippen molar-refractivity contribution in [2.75, 3.05) is 4.90 Å². The first kappa shape index (κ1) is 14.7. The number of carbonyl (C=O) groups is 2. The Balaban J connectivity index is 2.39. The number of anilines is 2. The van der Waals surface area contributed by atoms with Crippen molar-refractivity contribution < 1.29 is 14.3 Å². The van der Waals surface area contributed by atoms with Crippen LogP contribution < -0.4 is 9.64 Å². The number of para-hydroxylation sites is 1. The summed E-state index contributed by atoms with van der Waals surface area (Å²) in [5.41, 5.74) is 0.684. The summed E-state index contributed by atoms with van der Waals surface area (Å²) in [5.74, 6) is -0.437. The highest BCUT2D eigenvalue weighted by Gasteiger charge is 2.20. The maximum absolute atomic E-state index is 11.9. The molecule has 1 aromatic carbocycles. The van der Waals surface area contributed by atoms with Gasteiger partial charge < -0.3 is 4.74 Å². The van der Waals surface area contributed by atoms with E-state index < -0.39 is 5.97 Å². The lowest BCUT2D eigenvalue weighted by atomic mass is 10.3. The van der Waals surface area contributed by atoms with E-state index in [2.05, 4.69) is 20.9 Å². The highest BCUT2D eigenvalue weighted by Crippen LogP contribution is 2.35. The summed E-state index contributed by atoms with van der Waals surface area (Å²) in [5, 5.41) is 2.03. The van der Waals surface area contributed by atoms with Gasteiger partial charge >= 0.3 is 5.97 Å². The fraction of sp³-hybridized carbons (Fsp3) is 0.154. The van der Waals surface area contributed by atoms with Gasteiger partial charge in [0.1, 0.15) is 0 Å². The van der Waals surface area contributed by atoms with Crippen LogP contribution in [0.15, 0.2) is 34.1 Å². The Bertz CT molecular complexity index is 657. The lowest BCUT2D eigenvalue weighted by Gasteiger charge is -2.19. The van der Waals surface area contributed by atoms with Gasteiger partial charge in [-0.15, -0.1) is 11.3 Å². The van der Waals surface area contributed by atoms with Gasteiger partial charge in [0.05, 0.1) is 11.1 Å². The number of nitrogens with zero attached hydrogens (tertiary/aromatic N) is 2. The van der Waals surface area contributed by atoms with E-state index in [1.54, 1.807) is 11.4 Å². The van der Waals surface area contributed by atoms with E-state index in [9.17, 15) is 9.59 Å². The fourth-order valence-electron chi connectivity index (χ4n) is 1.59. The van der Waals surface area contributed by atoms with Gasteiger partial charge in [0, 0.05) is 18.3 Å². The largest absolute Gasteiger partial charge is 0.407 e. The molecular formula is C13H11BrN2O3S. The summed E-state index contributed by atoms with van der Waals surface area (Å²) >= 11 is 4.63. The van der Waals surface area contributed by atoms with E-state index in [1.165, 1.54) is 30.1 Å². The molecular weight excluding hydrogens is 344 g/mol. The zero-order valence-electron chi connectivity index (χ0n) is 10.8. The second kappa shape index (κ2) is 6.15. The van der Waals surface area contributed by atoms with Gasteiger partial charge in [-0.3, -0.25) is 14.5 Å². The van der Waals surface area contributed by atoms with Crippen LogP contribution >= 0.6 is 27.3 Å². The van der Waals surface area contributed by atoms with Crippen molar-refractivity contribution in [1.82, 2.24) is 4.98 Å². The van der Waals surface area contributed by atoms with Gasteiger partial charge in [-0.05, 0) is 28.1 Å². The monoisotopic (exact) mass is 354 g/mol. The van der Waals surface area contributed by atoms with E-state index in [0.29, 0.717) is 10.8 Å². The molecule has 2 aromatic rings. The molecule has 2 rings (SSSR count). The van der Waals surface area contributed by atoms with Crippen LogP contribution in [0.25, 0.3) is 0 Å². The summed E-state index contributed by atoms with van der Waals surface area (Å²) in [7, 11) is 0. The SMILES string of the molecule is CC(=O)Oc1csc(N(C(C)=O)c2ccccc2Br)n1. The fourth-order valence-corrected chi connectivity index (χ4v) is 2.83. The topological polar surface area (TPSA) is 59.5 Å². The zero-order chi connectivity index (χ0) is 14.7. The molecule has 0 unspecified atom stereocenters. The first-order chi connectivity index (χ1) is 9.49. The van der Waals surface area contributed by atoms with Gasteiger partial charge in [0.2, 0.25) is 11.8 Å². The summed E-state index contributed by atoms with van der Waals surface area (Å²) in [6, 6.07) is 7.33. The van der Waals surface area contributed by atoms with Crippen LogP contribution in [0.1, 0.15) is 13.8 Å². The molecule has 7 heteroatoms. The molecule has 0 aliphatic heterocycles. The predicted octanol–water partition coefficient (Wildman–Crippen LogP) is 3.52. The number of carbonyl (C=O) groups excluding carboxylic acids is 2. The van der Waals surface area contributed by atoms with E-state index in [4.69, 9.17) is 4.74 Å². The molecule has 0 N–H and O–H groups in total. The number of thiazole rings is 1. The van der Waals surface area contributed by atoms with Crippen LogP contribution in [-0.4, -0.2) is 16.9 Å². The van der Waals surface area contributed by atoms with Gasteiger partial charge in [0.25, 0.3) is 0 Å². The minimum Gasteiger partial charge on any atom is -0.407 e. The molecule has 1 aromatic heterocycles. The zero-order valence-corrected chi connectivity index (χ0v) is 13.2. The normalized spacial score (nSPS) is 10.2. The molecule has 0 saturated heterocycles. The third kappa shape index (κ3) is 3.23. The number of hydrogen-bond donors (Lipinski definition) is 0. The molecule has 0 spiro atoms. The Morgan fingerprint density at radius 1 is 1.30 bits per heavy atom. The van der Waals surface area contributed by atoms with Crippen LogP contribution in [0.2, 0.25) is 0 Å². The molecule has 5 nitrogen and oxygen atoms in total. The highest BCUT2D eigenvalue weighted by atomic mass is 79.9. The third-order valence-electron chi connectivity index (χ3n) is 2.32. The van der Waals surface area contributed by atoms with Gasteiger partial charge in [0.15, 0.2) is 5.13 Å². The van der Waals surface area contributed by atoms with Crippen molar-refractivity contribution in [3.8, 4) is 5.88 Å². The van der Waals surface area contributed by atoms with Gasteiger partial charge in [-0.25, -0.2) is 0 Å². The second-order valence-corrected chi connectivity index (χ2v) is 5.56. The molecule has 0 saturated carbocycles. The number of amides is 1. The lowest BCUT2D eigenvalue weighted by molar-refractivity contribution is -0.132. The minimum atomic E-state index is -0.447. The first-order valence-electron chi connectivity index (χ1n) is 5.68. The number of rotatable bonds is 3. The average Bonchev–Trinajstić information content (AvgIpc) is 2.79. The minimum absolute atomic E-state index is 0.180. The molecule has 104 valence electrons. The molecule has 0 fully saturated rings. The summed E-state index contributed by atoms with van der Waals surface area (Å²) in [6.07, 6.45) is 0. The second-order valence-electron chi connectivity index (χ2n) is 3.87. The van der Waals surface area contributed by atoms with E-state index in [-0.39, 0.29) is 11.8 Å². The van der Waals surface area contributed by atoms with Crippen LogP contribution in [0.5, 0.6) is 5.88 Å². The molecule has 20 heavy (non-hydrogen) atoms. The quantitative estimate of drug-likeness (QED) is 0.791. The maximum Gasteiger partial charge on any atom is 0.309 e. The van der Waals surface area contributed by atoms with Crippen molar-refractivity contribution in [3.05, 3.63) is 34.1 Å². The predicted molar refractivity (Wildman–Crippen MR) is 80.4 cm³/mol. The number of benzene rings is 1. The Hall–Kier alpha value is -1.73. The summed E-state index contributed by atoms with van der Waals surface area (Å²) < 4.78 is 5.68. The van der Waals surface area contributed by atoms with Crippen molar-refractivity contribution in [2.24, 2.45) is 0 Å². The maximum atomic E-state index is 11.9. The number of halogens is 1. The number of esters is 1. The Labute approximate surface area is 128 Å². The molecule has 0 bridgehead atoms. The average molecular weight is 355 g/mol. The Kier molecular flexibility index (Phi) is 4.51. The number of ether oxygens (including phenoxy) is 1. The number of hydrogen-bond acceptors (Lipinski definition) is 5. The molecule has 0 aliphatic rings. The van der Waals surface area contributed by atoms with Gasteiger partial charge in [-0.2, -0.15) is 4.98 Å². The van der Waals surface area contributed by atoms with Crippen LogP contribution in [0.4, 0.5) is 10.8 Å². The third-order valence-corrected chi connectivity index (χ3v) is 3.79. The van der Waals surface area contributed by atoms with Crippen molar-refractivity contribution in [1.29, 1.82) is 0 Å². The molecule has 0 radical (unpaired) electrons. The first-order valence-corrected chi connectivity index (χ1v) is 7.35. The van der Waals surface area contributed by atoms with Crippen molar-refractivity contribution >= 4 is 50.0 Å². The molecule has 1 amide bonds. The number of aromatic nitrogens is 1. The van der Waals surface area contributed by atoms with Crippen molar-refractivity contribution in [3.63, 3.8) is 0 Å². The summed E-state index contributed by atoms with van der Waals surface area (Å²) in [6.45, 7) is 2.75. The van der Waals surface area contributed by atoms with Gasteiger partial charge in [-0.1, -0.05) is 12.1 Å². The molecule has 0 atom stereocenters. The highest BCUT2D eigenvalue weighted by molar-refractivity contribution is 9.10. The van der Waals surface area contributed by atoms with E-state index >= 15 is 0 Å². The van der Waals surface area contributed by atoms with Crippen molar-refractivity contribution in [2.45, 2.75) is 13.8 Å². The van der Waals surface area contributed by atoms with E-state index in [1.807, 2.05) is 18.2 Å². The lowest BCUT2D eigenvalue weighted by Crippen LogP contribution is -2.22. The van der Waals surface area contributed by atoms with Crippen LogP contribution in [0, 0.1) is 0 Å². The summed E-state index contributed by atoms with van der Waals surface area (Å²) in [4.78, 5) is 28.4. The Morgan fingerprint density at radius 3 is 2.60 bits per heavy atom. The van der Waals surface area contributed by atoms with E-state index in [0.717, 1.165) is 4.47 Å². The molecule has 1 heterocycles. The van der Waals surface area contributed by atoms with Crippen LogP contribution in [0.3, 0.4) is 0 Å².